The number of pyridine rings is 1. The molecule has 0 aliphatic rings. The van der Waals surface area contributed by atoms with E-state index < -0.39 is 31.5 Å². The third-order valence-corrected chi connectivity index (χ3v) is 7.04. The molecule has 2 aromatic heterocycles. The van der Waals surface area contributed by atoms with Crippen molar-refractivity contribution in [1.82, 2.24) is 20.5 Å². The number of aromatic nitrogens is 3. The smallest absolute Gasteiger partial charge is 0.348 e. The van der Waals surface area contributed by atoms with E-state index in [2.05, 4.69) is 20.5 Å². The fourth-order valence-corrected chi connectivity index (χ4v) is 4.85. The lowest BCUT2D eigenvalue weighted by molar-refractivity contribution is -0.137. The molecule has 4 rings (SSSR count). The fourth-order valence-electron chi connectivity index (χ4n) is 3.05. The summed E-state index contributed by atoms with van der Waals surface area (Å²) < 4.78 is 64.1. The lowest BCUT2D eigenvalue weighted by Gasteiger charge is -2.11. The number of H-pyrrole nitrogens is 1. The highest BCUT2D eigenvalue weighted by molar-refractivity contribution is 7.91. The number of carbonyl (C=O) groups excluding carboxylic acids is 1. The minimum Gasteiger partial charge on any atom is -0.348 e. The second-order valence-electron chi connectivity index (χ2n) is 7.00. The molecule has 0 fully saturated rings. The van der Waals surface area contributed by atoms with E-state index in [1.54, 1.807) is 12.3 Å². The Hall–Kier alpha value is -3.44. The summed E-state index contributed by atoms with van der Waals surface area (Å²) in [5, 5.41) is 9.39. The number of hydrogen-bond acceptors (Lipinski definition) is 5. The Labute approximate surface area is 190 Å². The van der Waals surface area contributed by atoms with E-state index in [1.165, 1.54) is 30.5 Å². The van der Waals surface area contributed by atoms with E-state index >= 15 is 0 Å². The molecular weight excluding hydrogens is 481 g/mol. The highest BCUT2D eigenvalue weighted by atomic mass is 35.5. The van der Waals surface area contributed by atoms with Crippen LogP contribution in [-0.4, -0.2) is 29.5 Å². The number of nitrogens with zero attached hydrogens (tertiary/aromatic N) is 2. The molecule has 2 aromatic carbocycles. The molecule has 0 aliphatic heterocycles. The van der Waals surface area contributed by atoms with Gasteiger partial charge in [0, 0.05) is 18.1 Å². The minimum absolute atomic E-state index is 0.115. The van der Waals surface area contributed by atoms with Gasteiger partial charge in [-0.1, -0.05) is 23.7 Å². The zero-order valence-corrected chi connectivity index (χ0v) is 18.1. The number of rotatable bonds is 5. The van der Waals surface area contributed by atoms with Crippen molar-refractivity contribution in [2.75, 3.05) is 0 Å². The summed E-state index contributed by atoms with van der Waals surface area (Å²) in [5.74, 6) is -0.376. The number of sulfone groups is 1. The Morgan fingerprint density at radius 2 is 1.79 bits per heavy atom. The number of hydrogen-bond donors (Lipinski definition) is 2. The van der Waals surface area contributed by atoms with Crippen LogP contribution < -0.4 is 5.32 Å². The molecule has 0 aliphatic carbocycles. The maximum absolute atomic E-state index is 12.8. The van der Waals surface area contributed by atoms with E-state index in [9.17, 15) is 26.4 Å². The molecule has 12 heteroatoms. The Balaban J connectivity index is 1.47. The maximum atomic E-state index is 12.8. The van der Waals surface area contributed by atoms with Crippen molar-refractivity contribution >= 4 is 38.4 Å². The van der Waals surface area contributed by atoms with E-state index in [0.29, 0.717) is 34.3 Å². The number of alkyl halides is 3. The Morgan fingerprint density at radius 3 is 2.45 bits per heavy atom. The Kier molecular flexibility index (Phi) is 5.85. The molecule has 0 atom stereocenters. The van der Waals surface area contributed by atoms with E-state index in [0.717, 1.165) is 6.07 Å². The average molecular weight is 495 g/mol. The van der Waals surface area contributed by atoms with E-state index in [1.807, 2.05) is 0 Å². The number of aromatic amines is 1. The van der Waals surface area contributed by atoms with Crippen LogP contribution in [0.25, 0.3) is 11.0 Å². The molecule has 0 saturated carbocycles. The predicted molar refractivity (Wildman–Crippen MR) is 113 cm³/mol. The van der Waals surface area contributed by atoms with Crippen molar-refractivity contribution in [3.05, 3.63) is 82.6 Å². The first-order chi connectivity index (χ1) is 15.6. The van der Waals surface area contributed by atoms with Crippen LogP contribution in [0.2, 0.25) is 5.02 Å². The highest BCUT2D eigenvalue weighted by Crippen LogP contribution is 2.35. The van der Waals surface area contributed by atoms with Gasteiger partial charge in [0.2, 0.25) is 9.84 Å². The molecule has 4 aromatic rings. The van der Waals surface area contributed by atoms with Crippen LogP contribution in [0.5, 0.6) is 0 Å². The third-order valence-electron chi connectivity index (χ3n) is 4.79. The number of amides is 1. The standard InChI is InChI=1S/C21H14ClF3N4O3S/c22-17-8-15(21(23,24)25)3-6-18(17)33(31,32)16-4-1-12(2-5-16)9-27-20(30)14-7-13-11-28-29-19(13)26-10-14/h1-8,10-11H,9H2,(H,27,30)(H,26,28,29). The molecule has 0 spiro atoms. The molecule has 2 N–H and O–H groups in total. The fraction of sp³-hybridized carbons (Fsp3) is 0.0952. The second-order valence-corrected chi connectivity index (χ2v) is 9.33. The van der Waals surface area contributed by atoms with Crippen LogP contribution in [0.3, 0.4) is 0 Å². The number of nitrogens with one attached hydrogen (secondary N) is 2. The molecule has 2 heterocycles. The summed E-state index contributed by atoms with van der Waals surface area (Å²) in [7, 11) is -4.14. The van der Waals surface area contributed by atoms with Crippen molar-refractivity contribution in [3.8, 4) is 0 Å². The number of carbonyl (C=O) groups is 1. The summed E-state index contributed by atoms with van der Waals surface area (Å²) >= 11 is 5.84. The minimum atomic E-state index is -4.64. The number of benzene rings is 2. The van der Waals surface area contributed by atoms with Crippen LogP contribution in [0.1, 0.15) is 21.5 Å². The molecule has 0 saturated heterocycles. The highest BCUT2D eigenvalue weighted by Gasteiger charge is 2.32. The van der Waals surface area contributed by atoms with Crippen LogP contribution in [0, 0.1) is 0 Å². The molecule has 1 amide bonds. The normalized spacial score (nSPS) is 12.1. The van der Waals surface area contributed by atoms with Crippen molar-refractivity contribution in [3.63, 3.8) is 0 Å². The molecule has 0 bridgehead atoms. The third kappa shape index (κ3) is 4.69. The van der Waals surface area contributed by atoms with Crippen molar-refractivity contribution in [2.24, 2.45) is 0 Å². The summed E-state index contributed by atoms with van der Waals surface area (Å²) in [4.78, 5) is 15.9. The number of fused-ring (bicyclic) bond motifs is 1. The van der Waals surface area contributed by atoms with Crippen LogP contribution in [0.4, 0.5) is 13.2 Å². The van der Waals surface area contributed by atoms with Crippen molar-refractivity contribution < 1.29 is 26.4 Å². The van der Waals surface area contributed by atoms with Gasteiger partial charge in [-0.25, -0.2) is 13.4 Å². The van der Waals surface area contributed by atoms with Gasteiger partial charge in [-0.05, 0) is 42.0 Å². The van der Waals surface area contributed by atoms with Gasteiger partial charge >= 0.3 is 6.18 Å². The summed E-state index contributed by atoms with van der Waals surface area (Å²) in [5.41, 5.74) is 0.453. The SMILES string of the molecule is O=C(NCc1ccc(S(=O)(=O)c2ccc(C(F)(F)F)cc2Cl)cc1)c1cnc2[nH]ncc2c1. The van der Waals surface area contributed by atoms with Crippen LogP contribution >= 0.6 is 11.6 Å². The lowest BCUT2D eigenvalue weighted by Crippen LogP contribution is -2.22. The van der Waals surface area contributed by atoms with E-state index in [4.69, 9.17) is 11.6 Å². The lowest BCUT2D eigenvalue weighted by atomic mass is 10.2. The van der Waals surface area contributed by atoms with Gasteiger partial charge in [-0.2, -0.15) is 18.3 Å². The average Bonchev–Trinajstić information content (AvgIpc) is 3.25. The Morgan fingerprint density at radius 1 is 1.06 bits per heavy atom. The maximum Gasteiger partial charge on any atom is 0.416 e. The topological polar surface area (TPSA) is 105 Å². The van der Waals surface area contributed by atoms with Crippen LogP contribution in [0.15, 0.2) is 70.7 Å². The van der Waals surface area contributed by atoms with Gasteiger partial charge in [0.15, 0.2) is 5.65 Å². The molecule has 0 radical (unpaired) electrons. The molecular formula is C21H14ClF3N4O3S. The zero-order valence-electron chi connectivity index (χ0n) is 16.5. The summed E-state index contributed by atoms with van der Waals surface area (Å²) in [6.07, 6.45) is -1.70. The van der Waals surface area contributed by atoms with Gasteiger partial charge in [0.1, 0.15) is 0 Å². The van der Waals surface area contributed by atoms with E-state index in [-0.39, 0.29) is 17.3 Å². The zero-order chi connectivity index (χ0) is 23.8. The molecule has 7 nitrogen and oxygen atoms in total. The first-order valence-electron chi connectivity index (χ1n) is 9.34. The van der Waals surface area contributed by atoms with Crippen molar-refractivity contribution in [2.45, 2.75) is 22.5 Å². The first kappa shape index (κ1) is 22.7. The molecule has 33 heavy (non-hydrogen) atoms. The van der Waals surface area contributed by atoms with Crippen LogP contribution in [-0.2, 0) is 22.6 Å². The summed E-state index contributed by atoms with van der Waals surface area (Å²) in [6.45, 7) is 0.115. The van der Waals surface area contributed by atoms with Gasteiger partial charge in [0.05, 0.1) is 32.1 Å². The molecule has 0 unspecified atom stereocenters. The Bertz CT molecular complexity index is 1450. The largest absolute Gasteiger partial charge is 0.416 e. The van der Waals surface area contributed by atoms with Gasteiger partial charge in [-0.15, -0.1) is 0 Å². The first-order valence-corrected chi connectivity index (χ1v) is 11.2. The molecule has 170 valence electrons. The van der Waals surface area contributed by atoms with Gasteiger partial charge in [0.25, 0.3) is 5.91 Å². The number of halogens is 4. The predicted octanol–water partition coefficient (Wildman–Crippen LogP) is 4.39. The summed E-state index contributed by atoms with van der Waals surface area (Å²) in [6, 6.07) is 9.27. The van der Waals surface area contributed by atoms with Crippen molar-refractivity contribution in [1.29, 1.82) is 0 Å². The van der Waals surface area contributed by atoms with Gasteiger partial charge < -0.3 is 5.32 Å². The monoisotopic (exact) mass is 494 g/mol. The quantitative estimate of drug-likeness (QED) is 0.428. The van der Waals surface area contributed by atoms with Gasteiger partial charge in [-0.3, -0.25) is 9.89 Å². The second kappa shape index (κ2) is 8.49.